The molecule has 9 rings (SSSR count). The van der Waals surface area contributed by atoms with Gasteiger partial charge < -0.3 is 29.6 Å². The van der Waals surface area contributed by atoms with Crippen LogP contribution in [0.25, 0.3) is 22.1 Å². The van der Waals surface area contributed by atoms with Crippen molar-refractivity contribution in [2.75, 3.05) is 61.3 Å². The minimum atomic E-state index is -0.601. The van der Waals surface area contributed by atoms with Gasteiger partial charge in [0.25, 0.3) is 5.91 Å². The fourth-order valence-electron chi connectivity index (χ4n) is 8.40. The summed E-state index contributed by atoms with van der Waals surface area (Å²) in [5, 5.41) is 2.94. The van der Waals surface area contributed by atoms with E-state index in [9.17, 15) is 19.2 Å². The third kappa shape index (κ3) is 6.71. The zero-order chi connectivity index (χ0) is 37.8. The molecule has 0 aliphatic carbocycles. The first-order chi connectivity index (χ1) is 26.7. The normalized spacial score (nSPS) is 19.7. The lowest BCUT2D eigenvalue weighted by atomic mass is 9.95. The third-order valence-corrected chi connectivity index (χ3v) is 11.7. The van der Waals surface area contributed by atoms with E-state index in [4.69, 9.17) is 26.5 Å². The standard InChI is InChI=1S/C41H40ClN7O6/c42-30-2-1-3-32-36(30)38(51)37-33(55-32)21-34(39(43)45-37)54-28-7-4-26(5-8-28)48-18-16-46(17-19-48)22-24-12-14-47(15-13-24)27-6-9-29-25(20-27)23-49(41(29)53)31-10-11-35(50)44-40(31)52/h1-9,20-21,24,31H,10-19,22-23H2,(H2,43,45)(H,44,50,52). The zero-order valence-electron chi connectivity index (χ0n) is 30.1. The summed E-state index contributed by atoms with van der Waals surface area (Å²) >= 11 is 6.25. The highest BCUT2D eigenvalue weighted by molar-refractivity contribution is 6.35. The Morgan fingerprint density at radius 3 is 2.36 bits per heavy atom. The summed E-state index contributed by atoms with van der Waals surface area (Å²) in [7, 11) is 0. The minimum absolute atomic E-state index is 0.0816. The van der Waals surface area contributed by atoms with Crippen molar-refractivity contribution >= 4 is 68.6 Å². The summed E-state index contributed by atoms with van der Waals surface area (Å²) in [4.78, 5) is 63.5. The van der Waals surface area contributed by atoms with Crippen molar-refractivity contribution in [1.82, 2.24) is 20.1 Å². The molecular weight excluding hydrogens is 722 g/mol. The highest BCUT2D eigenvalue weighted by Gasteiger charge is 2.39. The molecule has 3 amide bonds. The maximum absolute atomic E-state index is 13.1. The molecule has 6 heterocycles. The highest BCUT2D eigenvalue weighted by atomic mass is 35.5. The van der Waals surface area contributed by atoms with Crippen LogP contribution < -0.4 is 31.0 Å². The number of nitrogens with one attached hydrogen (secondary N) is 1. The van der Waals surface area contributed by atoms with Gasteiger partial charge in [0.15, 0.2) is 22.7 Å². The number of nitrogens with zero attached hydrogens (tertiary/aromatic N) is 5. The van der Waals surface area contributed by atoms with Gasteiger partial charge in [0.1, 0.15) is 17.4 Å². The van der Waals surface area contributed by atoms with E-state index in [0.717, 1.165) is 75.6 Å². The van der Waals surface area contributed by atoms with Crippen LogP contribution in [0.4, 0.5) is 17.2 Å². The second kappa shape index (κ2) is 14.2. The smallest absolute Gasteiger partial charge is 0.255 e. The van der Waals surface area contributed by atoms with Crippen LogP contribution in [-0.2, 0) is 16.1 Å². The summed E-state index contributed by atoms with van der Waals surface area (Å²) in [5.41, 5.74) is 10.4. The Hall–Kier alpha value is -5.66. The molecule has 14 heteroatoms. The van der Waals surface area contributed by atoms with Gasteiger partial charge in [-0.15, -0.1) is 0 Å². The third-order valence-electron chi connectivity index (χ3n) is 11.4. The van der Waals surface area contributed by atoms with Gasteiger partial charge in [-0.05, 0) is 85.3 Å². The van der Waals surface area contributed by atoms with Crippen molar-refractivity contribution in [2.24, 2.45) is 5.92 Å². The molecular formula is C41H40ClN7O6. The van der Waals surface area contributed by atoms with Crippen LogP contribution in [-0.4, -0.2) is 84.4 Å². The summed E-state index contributed by atoms with van der Waals surface area (Å²) in [6.07, 6.45) is 2.83. The number of nitrogen functional groups attached to an aromatic ring is 1. The van der Waals surface area contributed by atoms with Gasteiger partial charge in [0, 0.05) is 81.8 Å². The van der Waals surface area contributed by atoms with E-state index in [1.807, 2.05) is 36.4 Å². The first-order valence-electron chi connectivity index (χ1n) is 18.8. The number of imide groups is 1. The number of ether oxygens (including phenoxy) is 1. The number of nitrogens with two attached hydrogens (primary N) is 1. The van der Waals surface area contributed by atoms with E-state index in [1.54, 1.807) is 29.2 Å². The zero-order valence-corrected chi connectivity index (χ0v) is 30.9. The molecule has 2 aromatic heterocycles. The molecule has 1 atom stereocenters. The van der Waals surface area contributed by atoms with E-state index < -0.39 is 6.04 Å². The lowest BCUT2D eigenvalue weighted by molar-refractivity contribution is -0.136. The first kappa shape index (κ1) is 35.1. The van der Waals surface area contributed by atoms with Crippen LogP contribution in [0.1, 0.15) is 41.6 Å². The molecule has 55 heavy (non-hydrogen) atoms. The number of carbonyl (C=O) groups excluding carboxylic acids is 3. The predicted molar refractivity (Wildman–Crippen MR) is 210 cm³/mol. The maximum Gasteiger partial charge on any atom is 0.255 e. The van der Waals surface area contributed by atoms with E-state index >= 15 is 0 Å². The number of hydrogen-bond acceptors (Lipinski definition) is 11. The monoisotopic (exact) mass is 761 g/mol. The molecule has 4 aliphatic rings. The van der Waals surface area contributed by atoms with Crippen molar-refractivity contribution in [2.45, 2.75) is 38.3 Å². The van der Waals surface area contributed by atoms with Gasteiger partial charge in [-0.25, -0.2) is 4.98 Å². The molecule has 5 aromatic rings. The van der Waals surface area contributed by atoms with Crippen LogP contribution in [0.15, 0.2) is 75.9 Å². The molecule has 3 aromatic carbocycles. The Bertz CT molecular complexity index is 2400. The fraction of sp³-hybridized carbons (Fsp3) is 0.341. The van der Waals surface area contributed by atoms with E-state index in [0.29, 0.717) is 46.6 Å². The molecule has 0 spiro atoms. The summed E-state index contributed by atoms with van der Waals surface area (Å²) in [6.45, 7) is 7.24. The van der Waals surface area contributed by atoms with Gasteiger partial charge in [0.2, 0.25) is 17.2 Å². The molecule has 4 aliphatic heterocycles. The number of hydrogen-bond donors (Lipinski definition) is 2. The number of benzene rings is 3. The van der Waals surface area contributed by atoms with E-state index in [2.05, 4.69) is 31.1 Å². The topological polar surface area (TPSA) is 155 Å². The van der Waals surface area contributed by atoms with Crippen LogP contribution in [0.5, 0.6) is 11.5 Å². The van der Waals surface area contributed by atoms with Crippen molar-refractivity contribution in [1.29, 1.82) is 0 Å². The lowest BCUT2D eigenvalue weighted by Gasteiger charge is -2.40. The molecule has 0 bridgehead atoms. The largest absolute Gasteiger partial charge is 0.454 e. The van der Waals surface area contributed by atoms with Crippen molar-refractivity contribution in [3.05, 3.63) is 93.1 Å². The van der Waals surface area contributed by atoms with Gasteiger partial charge in [-0.2, -0.15) is 0 Å². The molecule has 3 saturated heterocycles. The van der Waals surface area contributed by atoms with Crippen LogP contribution >= 0.6 is 11.6 Å². The number of aromatic nitrogens is 1. The molecule has 282 valence electrons. The van der Waals surface area contributed by atoms with E-state index in [1.165, 1.54) is 0 Å². The molecule has 3 fully saturated rings. The summed E-state index contributed by atoms with van der Waals surface area (Å²) in [5.74, 6) is 0.794. The first-order valence-corrected chi connectivity index (χ1v) is 19.2. The summed E-state index contributed by atoms with van der Waals surface area (Å²) in [6, 6.07) is 20.0. The summed E-state index contributed by atoms with van der Waals surface area (Å²) < 4.78 is 12.0. The quantitative estimate of drug-likeness (QED) is 0.167. The van der Waals surface area contributed by atoms with Crippen LogP contribution in [0.3, 0.4) is 0 Å². The number of rotatable bonds is 7. The van der Waals surface area contributed by atoms with Crippen molar-refractivity contribution in [3.63, 3.8) is 0 Å². The molecule has 3 N–H and O–H groups in total. The van der Waals surface area contributed by atoms with Crippen molar-refractivity contribution < 1.29 is 23.5 Å². The number of carbonyl (C=O) groups is 3. The number of pyridine rings is 1. The number of anilines is 3. The number of fused-ring (bicyclic) bond motifs is 3. The van der Waals surface area contributed by atoms with Crippen LogP contribution in [0.2, 0.25) is 5.02 Å². The number of piperazine rings is 1. The number of halogens is 1. The fourth-order valence-corrected chi connectivity index (χ4v) is 8.65. The van der Waals surface area contributed by atoms with Crippen LogP contribution in [0, 0.1) is 5.92 Å². The Morgan fingerprint density at radius 2 is 1.60 bits per heavy atom. The van der Waals surface area contributed by atoms with Gasteiger partial charge in [-0.1, -0.05) is 17.7 Å². The Kier molecular flexibility index (Phi) is 9.05. The van der Waals surface area contributed by atoms with Gasteiger partial charge >= 0.3 is 0 Å². The minimum Gasteiger partial charge on any atom is -0.454 e. The average Bonchev–Trinajstić information content (AvgIpc) is 3.51. The lowest BCUT2D eigenvalue weighted by Crippen LogP contribution is -2.52. The second-order valence-electron chi connectivity index (χ2n) is 14.8. The van der Waals surface area contributed by atoms with E-state index in [-0.39, 0.29) is 51.9 Å². The maximum atomic E-state index is 13.1. The van der Waals surface area contributed by atoms with Crippen molar-refractivity contribution in [3.8, 4) is 11.5 Å². The Labute approximate surface area is 321 Å². The second-order valence-corrected chi connectivity index (χ2v) is 15.2. The molecule has 13 nitrogen and oxygen atoms in total. The SMILES string of the molecule is Nc1nc2c(=O)c3c(Cl)cccc3oc2cc1Oc1ccc(N2CCN(CC3CCN(c4ccc5c(c4)CN(C4CCC(=O)NC4=O)C5=O)CC3)CC2)cc1. The average molecular weight is 762 g/mol. The number of amides is 3. The van der Waals surface area contributed by atoms with Gasteiger partial charge in [-0.3, -0.25) is 29.4 Å². The molecule has 0 saturated carbocycles. The van der Waals surface area contributed by atoms with Gasteiger partial charge in [0.05, 0.1) is 10.4 Å². The predicted octanol–water partition coefficient (Wildman–Crippen LogP) is 5.17. The Morgan fingerprint density at radius 1 is 0.855 bits per heavy atom. The molecule has 0 radical (unpaired) electrons. The molecule has 1 unspecified atom stereocenters. The highest BCUT2D eigenvalue weighted by Crippen LogP contribution is 2.34. The Balaban J connectivity index is 0.759. The number of piperidine rings is 2.